The number of hydrogen-bond donors (Lipinski definition) is 0. The van der Waals surface area contributed by atoms with Gasteiger partial charge in [0.1, 0.15) is 11.7 Å². The molecule has 1 unspecified atom stereocenters. The van der Waals surface area contributed by atoms with Crippen LogP contribution < -0.4 is 0 Å². The summed E-state index contributed by atoms with van der Waals surface area (Å²) in [4.78, 5) is 12.4. The van der Waals surface area contributed by atoms with Gasteiger partial charge in [0.2, 0.25) is 0 Å². The number of nitriles is 1. The maximum Gasteiger partial charge on any atom is 0.184 e. The standard InChI is InChI=1S/C18H16FNO/c1-12(2)13-6-8-14(9-7-13)18(21)17(11-20)15-4-3-5-16(19)10-15/h3-10,12,17H,1-2H3. The number of Topliss-reactive ketones (excluding diaryl/α,β-unsaturated/α-hetero) is 1. The van der Waals surface area contributed by atoms with Crippen LogP contribution in [-0.2, 0) is 0 Å². The zero-order valence-electron chi connectivity index (χ0n) is 12.0. The van der Waals surface area contributed by atoms with Crippen LogP contribution in [0.1, 0.15) is 47.2 Å². The van der Waals surface area contributed by atoms with E-state index in [1.54, 1.807) is 18.2 Å². The number of benzene rings is 2. The van der Waals surface area contributed by atoms with Crippen LogP contribution in [0.4, 0.5) is 4.39 Å². The van der Waals surface area contributed by atoms with Crippen LogP contribution in [0.2, 0.25) is 0 Å². The normalized spacial score (nSPS) is 12.0. The molecule has 0 bridgehead atoms. The summed E-state index contributed by atoms with van der Waals surface area (Å²) in [5.74, 6) is -1.36. The van der Waals surface area contributed by atoms with Gasteiger partial charge >= 0.3 is 0 Å². The third kappa shape index (κ3) is 3.35. The highest BCUT2D eigenvalue weighted by molar-refractivity contribution is 6.02. The van der Waals surface area contributed by atoms with Crippen LogP contribution >= 0.6 is 0 Å². The van der Waals surface area contributed by atoms with Gasteiger partial charge in [-0.3, -0.25) is 4.79 Å². The predicted molar refractivity (Wildman–Crippen MR) is 79.6 cm³/mol. The molecule has 0 aromatic heterocycles. The van der Waals surface area contributed by atoms with Crippen molar-refractivity contribution in [3.05, 3.63) is 71.0 Å². The average Bonchev–Trinajstić information content (AvgIpc) is 2.48. The molecule has 0 heterocycles. The van der Waals surface area contributed by atoms with E-state index in [1.807, 2.05) is 18.2 Å². The lowest BCUT2D eigenvalue weighted by molar-refractivity contribution is 0.0979. The Morgan fingerprint density at radius 3 is 2.29 bits per heavy atom. The average molecular weight is 281 g/mol. The summed E-state index contributed by atoms with van der Waals surface area (Å²) >= 11 is 0. The Balaban J connectivity index is 2.31. The van der Waals surface area contributed by atoms with Crippen molar-refractivity contribution in [1.82, 2.24) is 0 Å². The summed E-state index contributed by atoms with van der Waals surface area (Å²) in [6.45, 7) is 4.14. The Kier molecular flexibility index (Phi) is 4.49. The largest absolute Gasteiger partial charge is 0.292 e. The van der Waals surface area contributed by atoms with Crippen LogP contribution in [0, 0.1) is 17.1 Å². The van der Waals surface area contributed by atoms with E-state index >= 15 is 0 Å². The van der Waals surface area contributed by atoms with E-state index in [-0.39, 0.29) is 5.78 Å². The third-order valence-electron chi connectivity index (χ3n) is 3.44. The van der Waals surface area contributed by atoms with Gasteiger partial charge in [-0.05, 0) is 29.2 Å². The molecule has 21 heavy (non-hydrogen) atoms. The van der Waals surface area contributed by atoms with Crippen molar-refractivity contribution in [1.29, 1.82) is 5.26 Å². The quantitative estimate of drug-likeness (QED) is 0.777. The Labute approximate surface area is 123 Å². The number of carbonyl (C=O) groups is 1. The summed E-state index contributed by atoms with van der Waals surface area (Å²) < 4.78 is 13.3. The molecule has 0 saturated heterocycles. The molecule has 0 N–H and O–H groups in total. The van der Waals surface area contributed by atoms with Crippen molar-refractivity contribution in [2.45, 2.75) is 25.7 Å². The van der Waals surface area contributed by atoms with E-state index in [0.29, 0.717) is 17.0 Å². The summed E-state index contributed by atoms with van der Waals surface area (Å²) in [5.41, 5.74) is 1.98. The number of halogens is 1. The van der Waals surface area contributed by atoms with Crippen molar-refractivity contribution in [2.75, 3.05) is 0 Å². The van der Waals surface area contributed by atoms with Crippen molar-refractivity contribution in [2.24, 2.45) is 0 Å². The molecule has 0 aliphatic heterocycles. The van der Waals surface area contributed by atoms with Gasteiger partial charge in [0, 0.05) is 5.56 Å². The molecule has 2 aromatic carbocycles. The molecule has 106 valence electrons. The Bertz CT molecular complexity index is 683. The van der Waals surface area contributed by atoms with Gasteiger partial charge in [0.25, 0.3) is 0 Å². The van der Waals surface area contributed by atoms with Gasteiger partial charge in [-0.25, -0.2) is 4.39 Å². The predicted octanol–water partition coefficient (Wildman–Crippen LogP) is 4.44. The second-order valence-corrected chi connectivity index (χ2v) is 5.26. The SMILES string of the molecule is CC(C)c1ccc(C(=O)C(C#N)c2cccc(F)c2)cc1. The molecule has 0 radical (unpaired) electrons. The highest BCUT2D eigenvalue weighted by atomic mass is 19.1. The van der Waals surface area contributed by atoms with Gasteiger partial charge in [0.15, 0.2) is 5.78 Å². The molecule has 2 nitrogen and oxygen atoms in total. The monoisotopic (exact) mass is 281 g/mol. The second-order valence-electron chi connectivity index (χ2n) is 5.26. The Morgan fingerprint density at radius 1 is 1.10 bits per heavy atom. The van der Waals surface area contributed by atoms with Crippen molar-refractivity contribution in [3.63, 3.8) is 0 Å². The highest BCUT2D eigenvalue weighted by Crippen LogP contribution is 2.22. The van der Waals surface area contributed by atoms with Crippen LogP contribution in [0.25, 0.3) is 0 Å². The molecular formula is C18H16FNO. The number of carbonyl (C=O) groups excluding carboxylic acids is 1. The van der Waals surface area contributed by atoms with Gasteiger partial charge in [-0.2, -0.15) is 5.26 Å². The van der Waals surface area contributed by atoms with E-state index in [4.69, 9.17) is 0 Å². The van der Waals surface area contributed by atoms with E-state index in [1.165, 1.54) is 18.2 Å². The first kappa shape index (κ1) is 14.9. The molecule has 2 rings (SSSR count). The minimum atomic E-state index is -0.981. The summed E-state index contributed by atoms with van der Waals surface area (Å²) in [5, 5.41) is 9.25. The lowest BCUT2D eigenvalue weighted by atomic mass is 9.90. The molecule has 0 amide bonds. The first-order valence-electron chi connectivity index (χ1n) is 6.82. The van der Waals surface area contributed by atoms with Gasteiger partial charge in [-0.1, -0.05) is 50.2 Å². The fraction of sp³-hybridized carbons (Fsp3) is 0.222. The van der Waals surface area contributed by atoms with Gasteiger partial charge in [0.05, 0.1) is 6.07 Å². The maximum atomic E-state index is 13.3. The van der Waals surface area contributed by atoms with Crippen molar-refractivity contribution < 1.29 is 9.18 Å². The molecule has 0 fully saturated rings. The number of nitrogens with zero attached hydrogens (tertiary/aromatic N) is 1. The van der Waals surface area contributed by atoms with Crippen LogP contribution in [0.3, 0.4) is 0 Å². The Hall–Kier alpha value is -2.47. The zero-order valence-corrected chi connectivity index (χ0v) is 12.0. The minimum absolute atomic E-state index is 0.307. The fourth-order valence-corrected chi connectivity index (χ4v) is 2.17. The molecule has 3 heteroatoms. The molecule has 0 saturated carbocycles. The first-order valence-corrected chi connectivity index (χ1v) is 6.82. The molecular weight excluding hydrogens is 265 g/mol. The molecule has 0 aliphatic carbocycles. The van der Waals surface area contributed by atoms with Gasteiger partial charge in [-0.15, -0.1) is 0 Å². The Morgan fingerprint density at radius 2 is 1.76 bits per heavy atom. The first-order chi connectivity index (χ1) is 10.0. The smallest absolute Gasteiger partial charge is 0.184 e. The zero-order chi connectivity index (χ0) is 15.4. The maximum absolute atomic E-state index is 13.3. The highest BCUT2D eigenvalue weighted by Gasteiger charge is 2.22. The number of ketones is 1. The minimum Gasteiger partial charge on any atom is -0.292 e. The topological polar surface area (TPSA) is 40.9 Å². The number of hydrogen-bond acceptors (Lipinski definition) is 2. The fourth-order valence-electron chi connectivity index (χ4n) is 2.17. The second kappa shape index (κ2) is 6.32. The summed E-state index contributed by atoms with van der Waals surface area (Å²) in [6.07, 6.45) is 0. The van der Waals surface area contributed by atoms with Crippen molar-refractivity contribution in [3.8, 4) is 6.07 Å². The summed E-state index contributed by atoms with van der Waals surface area (Å²) in [7, 11) is 0. The lowest BCUT2D eigenvalue weighted by Gasteiger charge is -2.10. The van der Waals surface area contributed by atoms with Gasteiger partial charge < -0.3 is 0 Å². The third-order valence-corrected chi connectivity index (χ3v) is 3.44. The van der Waals surface area contributed by atoms with Crippen LogP contribution in [0.5, 0.6) is 0 Å². The van der Waals surface area contributed by atoms with E-state index in [9.17, 15) is 14.4 Å². The van der Waals surface area contributed by atoms with E-state index in [2.05, 4.69) is 13.8 Å². The molecule has 1 atom stereocenters. The lowest BCUT2D eigenvalue weighted by Crippen LogP contribution is -2.11. The van der Waals surface area contributed by atoms with E-state index in [0.717, 1.165) is 5.56 Å². The summed E-state index contributed by atoms with van der Waals surface area (Å²) in [6, 6.07) is 14.8. The molecule has 0 spiro atoms. The van der Waals surface area contributed by atoms with Crippen molar-refractivity contribution >= 4 is 5.78 Å². The molecule has 2 aromatic rings. The van der Waals surface area contributed by atoms with Crippen LogP contribution in [0.15, 0.2) is 48.5 Å². The molecule has 0 aliphatic rings. The van der Waals surface area contributed by atoms with Crippen LogP contribution in [-0.4, -0.2) is 5.78 Å². The van der Waals surface area contributed by atoms with E-state index < -0.39 is 11.7 Å². The number of rotatable bonds is 4.